The fraction of sp³-hybridized carbons (Fsp3) is 0.632. The second kappa shape index (κ2) is 10.1. The number of aliphatic carboxylic acids is 1. The van der Waals surface area contributed by atoms with Crippen LogP contribution in [0.1, 0.15) is 45.2 Å². The van der Waals surface area contributed by atoms with Crippen LogP contribution in [-0.2, 0) is 19.2 Å². The summed E-state index contributed by atoms with van der Waals surface area (Å²) in [7, 11) is 0. The van der Waals surface area contributed by atoms with Gasteiger partial charge in [-0.2, -0.15) is 0 Å². The van der Waals surface area contributed by atoms with Gasteiger partial charge in [-0.05, 0) is 33.1 Å². The van der Waals surface area contributed by atoms with Gasteiger partial charge in [0.05, 0.1) is 12.0 Å². The Morgan fingerprint density at radius 3 is 2.70 bits per heavy atom. The molecule has 33 heavy (non-hydrogen) atoms. The molecule has 1 aromatic rings. The van der Waals surface area contributed by atoms with E-state index in [9.17, 15) is 23.9 Å². The van der Waals surface area contributed by atoms with Crippen LogP contribution >= 0.6 is 23.1 Å². The number of β-lactam (4-membered cyclic amide) rings is 1. The predicted molar refractivity (Wildman–Crippen MR) is 114 cm³/mol. The number of halogens is 1. The molecule has 0 radical (unpaired) electrons. The van der Waals surface area contributed by atoms with E-state index in [2.05, 4.69) is 15.5 Å². The maximum atomic E-state index is 14.1. The summed E-state index contributed by atoms with van der Waals surface area (Å²) >= 11 is 2.37. The Balaban J connectivity index is 0.00000306. The number of carboxylic acids is 1. The van der Waals surface area contributed by atoms with Gasteiger partial charge in [0.1, 0.15) is 23.3 Å². The van der Waals surface area contributed by atoms with Crippen LogP contribution in [0.4, 0.5) is 9.52 Å². The van der Waals surface area contributed by atoms with Crippen LogP contribution in [0.25, 0.3) is 0 Å². The predicted octanol–water partition coefficient (Wildman–Crippen LogP) is -2.97. The Bertz CT molecular complexity index is 976. The summed E-state index contributed by atoms with van der Waals surface area (Å²) in [5.74, 6) is -2.61. The normalized spacial score (nSPS) is 30.6. The van der Waals surface area contributed by atoms with Gasteiger partial charge in [0.15, 0.2) is 16.9 Å². The quantitative estimate of drug-likeness (QED) is 0.179. The Kier molecular flexibility index (Phi) is 7.99. The van der Waals surface area contributed by atoms with E-state index in [4.69, 9.17) is 10.6 Å². The molecule has 1 saturated carbocycles. The van der Waals surface area contributed by atoms with Crippen molar-refractivity contribution in [2.24, 2.45) is 5.16 Å². The number of nitrogens with zero attached hydrogens (tertiary/aromatic N) is 3. The first-order valence-electron chi connectivity index (χ1n) is 10.2. The van der Waals surface area contributed by atoms with E-state index >= 15 is 0 Å². The fourth-order valence-electron chi connectivity index (χ4n) is 4.23. The summed E-state index contributed by atoms with van der Waals surface area (Å²) in [6.45, 7) is 3.41. The molecule has 174 valence electrons. The van der Waals surface area contributed by atoms with Gasteiger partial charge in [-0.3, -0.25) is 9.59 Å². The zero-order valence-electron chi connectivity index (χ0n) is 18.4. The van der Waals surface area contributed by atoms with Crippen molar-refractivity contribution in [2.45, 2.75) is 74.0 Å². The van der Waals surface area contributed by atoms with E-state index in [1.807, 2.05) is 0 Å². The van der Waals surface area contributed by atoms with Gasteiger partial charge < -0.3 is 30.7 Å². The molecule has 2 amide bonds. The third-order valence-electron chi connectivity index (χ3n) is 5.83. The minimum atomic E-state index is -1.34. The number of carboxylic acid groups (broad SMARTS) is 1. The molecule has 3 fully saturated rings. The Labute approximate surface area is 220 Å². The number of alkyl halides is 1. The maximum Gasteiger partial charge on any atom is 1.00 e. The molecule has 14 heteroatoms. The largest absolute Gasteiger partial charge is 1.00 e. The van der Waals surface area contributed by atoms with E-state index in [1.54, 1.807) is 13.8 Å². The van der Waals surface area contributed by atoms with Crippen LogP contribution in [0.3, 0.4) is 0 Å². The number of fused-ring (bicyclic) bond motifs is 1. The van der Waals surface area contributed by atoms with Crippen molar-refractivity contribution in [1.82, 2.24) is 15.2 Å². The SMILES string of the molecule is CC1(C)S[C@@H]2[C@@H](NC(=O)/C(=N\O[C@@H]3CCCC[C@H]3F)c3csc(N)n3)C(=O)N2[C@H]1C(=O)[O-].[Na+]. The standard InChI is InChI=1S/C19H24FN5O5S2.Na/c1-19(2)13(17(28)29)25-15(27)12(16(25)32-19)23-14(26)11(9-7-31-18(21)22-9)24-30-10-6-4-3-5-8(10)20;/h7-8,10,12-13,16H,3-6H2,1-2H3,(H2,21,22)(H,23,26)(H,28,29);/q;+1/p-1/b24-11-;/t8-,10-,12+,13+,16-;/m1./s1. The van der Waals surface area contributed by atoms with Crippen LogP contribution in [0.5, 0.6) is 0 Å². The molecule has 0 bridgehead atoms. The molecule has 2 saturated heterocycles. The monoisotopic (exact) mass is 507 g/mol. The first-order valence-corrected chi connectivity index (χ1v) is 12.0. The average Bonchev–Trinajstić information content (AvgIpc) is 3.26. The Hall–Kier alpha value is -1.41. The summed E-state index contributed by atoms with van der Waals surface area (Å²) in [4.78, 5) is 47.8. The van der Waals surface area contributed by atoms with Gasteiger partial charge in [-0.15, -0.1) is 23.1 Å². The number of nitrogens with one attached hydrogen (secondary N) is 1. The van der Waals surface area contributed by atoms with Crippen molar-refractivity contribution in [3.8, 4) is 0 Å². The topological polar surface area (TPSA) is 150 Å². The van der Waals surface area contributed by atoms with Crippen LogP contribution in [0, 0.1) is 0 Å². The summed E-state index contributed by atoms with van der Waals surface area (Å²) in [5, 5.41) is 19.2. The van der Waals surface area contributed by atoms with E-state index in [0.717, 1.165) is 24.2 Å². The molecule has 5 atom stereocenters. The van der Waals surface area contributed by atoms with Crippen molar-refractivity contribution >= 4 is 51.7 Å². The second-order valence-corrected chi connectivity index (χ2v) is 11.1. The molecule has 0 aromatic carbocycles. The Morgan fingerprint density at radius 2 is 2.09 bits per heavy atom. The Morgan fingerprint density at radius 1 is 1.39 bits per heavy atom. The number of oxime groups is 1. The molecule has 2 aliphatic heterocycles. The first kappa shape index (κ1) is 26.2. The van der Waals surface area contributed by atoms with E-state index in [1.165, 1.54) is 22.0 Å². The maximum absolute atomic E-state index is 14.1. The number of thiazole rings is 1. The van der Waals surface area contributed by atoms with Gasteiger partial charge >= 0.3 is 29.6 Å². The number of anilines is 1. The number of nitrogen functional groups attached to an aromatic ring is 1. The average molecular weight is 508 g/mol. The van der Waals surface area contributed by atoms with Crippen LogP contribution in [0.15, 0.2) is 10.5 Å². The summed E-state index contributed by atoms with van der Waals surface area (Å²) in [6.07, 6.45) is 0.464. The number of aromatic nitrogens is 1. The van der Waals surface area contributed by atoms with Crippen molar-refractivity contribution in [1.29, 1.82) is 0 Å². The fourth-order valence-corrected chi connectivity index (χ4v) is 6.40. The number of carbonyl (C=O) groups is 3. The van der Waals surface area contributed by atoms with Crippen molar-refractivity contribution < 1.29 is 58.3 Å². The van der Waals surface area contributed by atoms with Gasteiger partial charge in [-0.1, -0.05) is 11.6 Å². The number of rotatable bonds is 6. The van der Waals surface area contributed by atoms with Gasteiger partial charge in [0, 0.05) is 10.1 Å². The number of hydrogen-bond donors (Lipinski definition) is 2. The summed E-state index contributed by atoms with van der Waals surface area (Å²) in [5.41, 5.74) is 5.60. The number of amides is 2. The number of thioether (sulfide) groups is 1. The minimum absolute atomic E-state index is 0. The zero-order valence-corrected chi connectivity index (χ0v) is 22.1. The number of nitrogens with two attached hydrogens (primary N) is 1. The molecule has 3 aliphatic rings. The summed E-state index contributed by atoms with van der Waals surface area (Å²) in [6, 6.07) is -2.04. The van der Waals surface area contributed by atoms with Crippen molar-refractivity contribution in [3.63, 3.8) is 0 Å². The molecule has 4 rings (SSSR count). The van der Waals surface area contributed by atoms with Gasteiger partial charge in [0.2, 0.25) is 5.91 Å². The molecular weight excluding hydrogens is 484 g/mol. The van der Waals surface area contributed by atoms with Crippen molar-refractivity contribution in [3.05, 3.63) is 11.1 Å². The second-order valence-electron chi connectivity index (χ2n) is 8.49. The minimum Gasteiger partial charge on any atom is -0.548 e. The van der Waals surface area contributed by atoms with Crippen LogP contribution < -0.4 is 45.7 Å². The van der Waals surface area contributed by atoms with Gasteiger partial charge in [-0.25, -0.2) is 9.37 Å². The molecule has 3 N–H and O–H groups in total. The van der Waals surface area contributed by atoms with E-state index in [0.29, 0.717) is 12.8 Å². The molecule has 0 spiro atoms. The van der Waals surface area contributed by atoms with Crippen LogP contribution in [0.2, 0.25) is 0 Å². The summed E-state index contributed by atoms with van der Waals surface area (Å²) < 4.78 is 13.3. The van der Waals surface area contributed by atoms with Crippen molar-refractivity contribution in [2.75, 3.05) is 5.73 Å². The van der Waals surface area contributed by atoms with Crippen LogP contribution in [-0.4, -0.2) is 67.9 Å². The zero-order chi connectivity index (χ0) is 23.2. The molecular formula is C19H23FN5NaO5S2. The molecule has 10 nitrogen and oxygen atoms in total. The number of hydrogen-bond acceptors (Lipinski definition) is 10. The molecule has 0 unspecified atom stereocenters. The smallest absolute Gasteiger partial charge is 0.548 e. The van der Waals surface area contributed by atoms with E-state index < -0.39 is 52.3 Å². The molecule has 1 aliphatic carbocycles. The molecule has 3 heterocycles. The third kappa shape index (κ3) is 5.02. The van der Waals surface area contributed by atoms with E-state index in [-0.39, 0.29) is 46.1 Å². The van der Waals surface area contributed by atoms with Gasteiger partial charge in [0.25, 0.3) is 5.91 Å². The first-order chi connectivity index (χ1) is 15.1. The number of carbonyl (C=O) groups excluding carboxylic acids is 3. The molecule has 1 aromatic heterocycles. The third-order valence-corrected chi connectivity index (χ3v) is 8.08.